The molecular weight excluding hydrogens is 677 g/mol. The van der Waals surface area contributed by atoms with Gasteiger partial charge in [0.05, 0.1) is 22.0 Å². The highest BCUT2D eigenvalue weighted by molar-refractivity contribution is 9.10. The minimum atomic E-state index is -0.203. The van der Waals surface area contributed by atoms with Gasteiger partial charge in [0.1, 0.15) is 10.7 Å². The van der Waals surface area contributed by atoms with Crippen molar-refractivity contribution in [2.75, 3.05) is 0 Å². The van der Waals surface area contributed by atoms with E-state index < -0.39 is 0 Å². The van der Waals surface area contributed by atoms with Crippen molar-refractivity contribution in [1.82, 2.24) is 25.3 Å². The molecular formula is C31H23BrCl3N5OS. The number of benzene rings is 3. The van der Waals surface area contributed by atoms with E-state index in [0.717, 1.165) is 52.7 Å². The zero-order chi connectivity index (χ0) is 29.0. The summed E-state index contributed by atoms with van der Waals surface area (Å²) in [5.74, 6) is -0.195. The van der Waals surface area contributed by atoms with Gasteiger partial charge in [-0.1, -0.05) is 86.3 Å². The summed E-state index contributed by atoms with van der Waals surface area (Å²) in [6.45, 7) is 0. The Balaban J connectivity index is 1.42. The molecule has 212 valence electrons. The molecule has 11 heteroatoms. The van der Waals surface area contributed by atoms with Crippen molar-refractivity contribution in [2.45, 2.75) is 43.6 Å². The molecule has 2 aliphatic carbocycles. The summed E-state index contributed by atoms with van der Waals surface area (Å²) in [6, 6.07) is 21.1. The number of hydrogen-bond acceptors (Lipinski definition) is 5. The van der Waals surface area contributed by atoms with Crippen LogP contribution in [0.15, 0.2) is 71.2 Å². The topological polar surface area (TPSA) is 72.7 Å². The first kappa shape index (κ1) is 28.0. The summed E-state index contributed by atoms with van der Waals surface area (Å²) in [7, 11) is 0. The van der Waals surface area contributed by atoms with Crippen molar-refractivity contribution in [3.8, 4) is 27.6 Å². The van der Waals surface area contributed by atoms with Gasteiger partial charge in [0, 0.05) is 31.5 Å². The maximum atomic E-state index is 14.1. The summed E-state index contributed by atoms with van der Waals surface area (Å²) >= 11 is 24.1. The number of halogens is 4. The van der Waals surface area contributed by atoms with Gasteiger partial charge in [0.2, 0.25) is 0 Å². The average Bonchev–Trinajstić information content (AvgIpc) is 3.43. The monoisotopic (exact) mass is 697 g/mol. The molecule has 2 saturated carbocycles. The minimum absolute atomic E-state index is 0.134. The van der Waals surface area contributed by atoms with Crippen molar-refractivity contribution in [3.63, 3.8) is 0 Å². The highest BCUT2D eigenvalue weighted by atomic mass is 79.9. The lowest BCUT2D eigenvalue weighted by molar-refractivity contribution is 0.0918. The Morgan fingerprint density at radius 1 is 0.952 bits per heavy atom. The van der Waals surface area contributed by atoms with E-state index in [0.29, 0.717) is 42.7 Å². The number of nitrogens with zero attached hydrogens (tertiary/aromatic N) is 4. The number of carbonyl (C=O) groups excluding carboxylic acids is 1. The van der Waals surface area contributed by atoms with Gasteiger partial charge in [-0.2, -0.15) is 5.10 Å². The molecule has 0 atom stereocenters. The van der Waals surface area contributed by atoms with E-state index >= 15 is 0 Å². The van der Waals surface area contributed by atoms with Gasteiger partial charge >= 0.3 is 0 Å². The van der Waals surface area contributed by atoms with E-state index in [4.69, 9.17) is 39.9 Å². The zero-order valence-corrected chi connectivity index (χ0v) is 26.8. The largest absolute Gasteiger partial charge is 0.349 e. The Hall–Kier alpha value is -2.75. The Labute approximate surface area is 270 Å². The standard InChI is InChI=1S/C31H23BrCl3N5OS/c32-19-8-4-17(5-9-19)27-25(28(41)36-22-2-1-3-22)26(39-40(27)24-13-12-21(34)16-23(24)35)29-37-38-30(42-29)31(14-15-31)18-6-10-20(33)11-7-18/h4-13,16,22H,1-3,14-15H2,(H,36,41). The molecule has 0 saturated heterocycles. The van der Waals surface area contributed by atoms with E-state index in [1.807, 2.05) is 42.5 Å². The first-order valence-corrected chi connectivity index (χ1v) is 16.3. The predicted molar refractivity (Wildman–Crippen MR) is 172 cm³/mol. The molecule has 2 aromatic heterocycles. The molecule has 0 bridgehead atoms. The van der Waals surface area contributed by atoms with Crippen LogP contribution in [0.5, 0.6) is 0 Å². The van der Waals surface area contributed by atoms with Gasteiger partial charge in [-0.15, -0.1) is 10.2 Å². The third kappa shape index (κ3) is 5.07. The number of aromatic nitrogens is 4. The molecule has 0 aliphatic heterocycles. The fourth-order valence-electron chi connectivity index (χ4n) is 5.33. The first-order chi connectivity index (χ1) is 20.3. The van der Waals surface area contributed by atoms with Crippen LogP contribution in [0, 0.1) is 0 Å². The molecule has 1 amide bonds. The Morgan fingerprint density at radius 2 is 1.67 bits per heavy atom. The van der Waals surface area contributed by atoms with Gasteiger partial charge in [-0.05, 0) is 80.1 Å². The molecule has 6 nitrogen and oxygen atoms in total. The predicted octanol–water partition coefficient (Wildman–Crippen LogP) is 9.14. The Morgan fingerprint density at radius 3 is 2.31 bits per heavy atom. The van der Waals surface area contributed by atoms with E-state index in [1.165, 1.54) is 11.3 Å². The van der Waals surface area contributed by atoms with Crippen LogP contribution in [0.25, 0.3) is 27.6 Å². The van der Waals surface area contributed by atoms with Crippen molar-refractivity contribution in [3.05, 3.63) is 102 Å². The van der Waals surface area contributed by atoms with Crippen molar-refractivity contribution < 1.29 is 4.79 Å². The highest BCUT2D eigenvalue weighted by Crippen LogP contribution is 2.55. The second-order valence-corrected chi connectivity index (χ2v) is 13.9. The minimum Gasteiger partial charge on any atom is -0.349 e. The molecule has 7 rings (SSSR count). The first-order valence-electron chi connectivity index (χ1n) is 13.6. The summed E-state index contributed by atoms with van der Waals surface area (Å²) < 4.78 is 2.65. The van der Waals surface area contributed by atoms with E-state index in [2.05, 4.69) is 43.6 Å². The van der Waals surface area contributed by atoms with E-state index in [1.54, 1.807) is 16.8 Å². The van der Waals surface area contributed by atoms with Crippen molar-refractivity contribution >= 4 is 68.0 Å². The molecule has 3 aromatic carbocycles. The molecule has 5 aromatic rings. The maximum absolute atomic E-state index is 14.1. The number of amides is 1. The normalized spacial score (nSPS) is 15.8. The van der Waals surface area contributed by atoms with Gasteiger partial charge in [0.15, 0.2) is 5.01 Å². The SMILES string of the molecule is O=C(NC1CCC1)c1c(-c2nnc(C3(c4ccc(Cl)cc4)CC3)s2)nn(-c2ccc(Cl)cc2Cl)c1-c1ccc(Br)cc1. The molecule has 2 heterocycles. The number of rotatable bonds is 7. The van der Waals surface area contributed by atoms with Crippen molar-refractivity contribution in [1.29, 1.82) is 0 Å². The van der Waals surface area contributed by atoms with Crippen LogP contribution in [0.3, 0.4) is 0 Å². The van der Waals surface area contributed by atoms with Crippen LogP contribution >= 0.6 is 62.1 Å². The molecule has 0 radical (unpaired) electrons. The smallest absolute Gasteiger partial charge is 0.256 e. The summed E-state index contributed by atoms with van der Waals surface area (Å²) in [5, 5.41) is 20.6. The lowest BCUT2D eigenvalue weighted by Gasteiger charge is -2.26. The lowest BCUT2D eigenvalue weighted by atomic mass is 9.92. The second kappa shape index (κ2) is 11.1. The Kier molecular flexibility index (Phi) is 7.39. The average molecular weight is 700 g/mol. The molecule has 0 unspecified atom stereocenters. The van der Waals surface area contributed by atoms with Crippen LogP contribution in [0.4, 0.5) is 0 Å². The number of carbonyl (C=O) groups is 1. The van der Waals surface area contributed by atoms with E-state index in [-0.39, 0.29) is 17.4 Å². The van der Waals surface area contributed by atoms with Crippen LogP contribution < -0.4 is 5.32 Å². The van der Waals surface area contributed by atoms with Gasteiger partial charge < -0.3 is 5.32 Å². The fraction of sp³-hybridized carbons (Fsp3) is 0.226. The quantitative estimate of drug-likeness (QED) is 0.184. The van der Waals surface area contributed by atoms with Crippen LogP contribution in [0.2, 0.25) is 15.1 Å². The lowest BCUT2D eigenvalue weighted by Crippen LogP contribution is -2.39. The summed E-state index contributed by atoms with van der Waals surface area (Å²) in [4.78, 5) is 14.1. The second-order valence-electron chi connectivity index (χ2n) is 10.7. The van der Waals surface area contributed by atoms with Crippen molar-refractivity contribution in [2.24, 2.45) is 0 Å². The van der Waals surface area contributed by atoms with Gasteiger partial charge in [-0.25, -0.2) is 4.68 Å². The van der Waals surface area contributed by atoms with Crippen LogP contribution in [-0.2, 0) is 5.41 Å². The van der Waals surface area contributed by atoms with Crippen LogP contribution in [0.1, 0.15) is 53.0 Å². The van der Waals surface area contributed by atoms with Crippen LogP contribution in [-0.4, -0.2) is 31.9 Å². The molecule has 42 heavy (non-hydrogen) atoms. The summed E-state index contributed by atoms with van der Waals surface area (Å²) in [6.07, 6.45) is 4.95. The number of hydrogen-bond donors (Lipinski definition) is 1. The Bertz CT molecular complexity index is 1810. The fourth-order valence-corrected chi connectivity index (χ4v) is 7.31. The zero-order valence-electron chi connectivity index (χ0n) is 22.1. The van der Waals surface area contributed by atoms with E-state index in [9.17, 15) is 4.79 Å². The molecule has 2 fully saturated rings. The molecule has 0 spiro atoms. The maximum Gasteiger partial charge on any atom is 0.256 e. The molecule has 2 aliphatic rings. The van der Waals surface area contributed by atoms with Gasteiger partial charge in [-0.3, -0.25) is 4.79 Å². The summed E-state index contributed by atoms with van der Waals surface area (Å²) in [5.41, 5.74) is 3.89. The number of nitrogens with one attached hydrogen (secondary N) is 1. The highest BCUT2D eigenvalue weighted by Gasteiger charge is 2.49. The molecule has 1 N–H and O–H groups in total. The third-order valence-corrected chi connectivity index (χ3v) is 10.4. The van der Waals surface area contributed by atoms with Gasteiger partial charge in [0.25, 0.3) is 5.91 Å². The third-order valence-electron chi connectivity index (χ3n) is 7.99.